The molecule has 0 bridgehead atoms. The summed E-state index contributed by atoms with van der Waals surface area (Å²) in [7, 11) is 0. The van der Waals surface area contributed by atoms with E-state index in [-0.39, 0.29) is 6.08 Å². The SMILES string of the molecule is C\C=C(F)/C(=C\C=C/C(F)(F)F)C(=O)O. The van der Waals surface area contributed by atoms with Crippen LogP contribution in [0.1, 0.15) is 6.92 Å². The number of carbonyl (C=O) groups is 1. The number of hydrogen-bond donors (Lipinski definition) is 1. The molecule has 0 atom stereocenters. The molecule has 0 aliphatic rings. The van der Waals surface area contributed by atoms with Crippen LogP contribution in [0.4, 0.5) is 17.6 Å². The molecule has 15 heavy (non-hydrogen) atoms. The molecule has 84 valence electrons. The highest BCUT2D eigenvalue weighted by Crippen LogP contribution is 2.17. The average Bonchev–Trinajstić information content (AvgIpc) is 2.09. The van der Waals surface area contributed by atoms with Crippen LogP contribution in [0.3, 0.4) is 0 Å². The number of alkyl halides is 3. The molecular weight excluding hydrogens is 216 g/mol. The highest BCUT2D eigenvalue weighted by atomic mass is 19.4. The van der Waals surface area contributed by atoms with Crippen molar-refractivity contribution in [2.75, 3.05) is 0 Å². The molecule has 2 nitrogen and oxygen atoms in total. The zero-order valence-electron chi connectivity index (χ0n) is 7.68. The first-order valence-electron chi connectivity index (χ1n) is 3.79. The number of allylic oxidation sites excluding steroid dienone is 4. The minimum absolute atomic E-state index is 0.182. The van der Waals surface area contributed by atoms with E-state index in [9.17, 15) is 22.4 Å². The summed E-state index contributed by atoms with van der Waals surface area (Å²) in [4.78, 5) is 10.4. The van der Waals surface area contributed by atoms with Crippen LogP contribution in [-0.2, 0) is 4.79 Å². The number of halogens is 4. The summed E-state index contributed by atoms with van der Waals surface area (Å²) in [5.74, 6) is -2.72. The minimum Gasteiger partial charge on any atom is -0.478 e. The molecule has 0 spiro atoms. The van der Waals surface area contributed by atoms with Crippen LogP contribution in [0.2, 0.25) is 0 Å². The van der Waals surface area contributed by atoms with E-state index in [0.717, 1.165) is 6.08 Å². The Bertz CT molecular complexity index is 323. The molecule has 0 rings (SSSR count). The lowest BCUT2D eigenvalue weighted by molar-refractivity contribution is -0.132. The average molecular weight is 224 g/mol. The lowest BCUT2D eigenvalue weighted by Gasteiger charge is -1.97. The van der Waals surface area contributed by atoms with Crippen molar-refractivity contribution in [3.8, 4) is 0 Å². The van der Waals surface area contributed by atoms with Gasteiger partial charge in [-0.3, -0.25) is 0 Å². The Balaban J connectivity index is 4.89. The van der Waals surface area contributed by atoms with Crippen molar-refractivity contribution in [1.29, 1.82) is 0 Å². The third-order valence-electron chi connectivity index (χ3n) is 1.29. The van der Waals surface area contributed by atoms with Crippen molar-refractivity contribution in [3.63, 3.8) is 0 Å². The molecule has 0 heterocycles. The zero-order chi connectivity index (χ0) is 12.1. The molecule has 0 fully saturated rings. The molecule has 0 amide bonds. The lowest BCUT2D eigenvalue weighted by atomic mass is 10.2. The minimum atomic E-state index is -4.55. The van der Waals surface area contributed by atoms with Gasteiger partial charge in [-0.1, -0.05) is 12.2 Å². The Morgan fingerprint density at radius 3 is 2.20 bits per heavy atom. The first-order valence-corrected chi connectivity index (χ1v) is 3.79. The Labute approximate surface area is 83.2 Å². The van der Waals surface area contributed by atoms with Crippen LogP contribution >= 0.6 is 0 Å². The molecule has 0 unspecified atom stereocenters. The third kappa shape index (κ3) is 5.66. The van der Waals surface area contributed by atoms with E-state index < -0.39 is 23.5 Å². The molecule has 0 aromatic rings. The van der Waals surface area contributed by atoms with Crippen molar-refractivity contribution in [2.24, 2.45) is 0 Å². The summed E-state index contributed by atoms with van der Waals surface area (Å²) in [6, 6.07) is 0. The van der Waals surface area contributed by atoms with Gasteiger partial charge >= 0.3 is 12.1 Å². The summed E-state index contributed by atoms with van der Waals surface area (Å²) < 4.78 is 47.6. The van der Waals surface area contributed by atoms with E-state index in [1.165, 1.54) is 6.92 Å². The molecule has 1 N–H and O–H groups in total. The van der Waals surface area contributed by atoms with Crippen molar-refractivity contribution in [2.45, 2.75) is 13.1 Å². The van der Waals surface area contributed by atoms with Crippen LogP contribution in [0.5, 0.6) is 0 Å². The zero-order valence-corrected chi connectivity index (χ0v) is 7.68. The second-order valence-corrected chi connectivity index (χ2v) is 2.42. The molecular formula is C9H8F4O2. The quantitative estimate of drug-likeness (QED) is 0.454. The van der Waals surface area contributed by atoms with E-state index in [1.54, 1.807) is 0 Å². The van der Waals surface area contributed by atoms with E-state index in [2.05, 4.69) is 0 Å². The van der Waals surface area contributed by atoms with Crippen molar-refractivity contribution >= 4 is 5.97 Å². The Kier molecular flexibility index (Phi) is 4.77. The second kappa shape index (κ2) is 5.33. The van der Waals surface area contributed by atoms with Gasteiger partial charge in [-0.15, -0.1) is 0 Å². The molecule has 0 saturated carbocycles. The third-order valence-corrected chi connectivity index (χ3v) is 1.29. The monoisotopic (exact) mass is 224 g/mol. The van der Waals surface area contributed by atoms with Crippen LogP contribution in [0.25, 0.3) is 0 Å². The fraction of sp³-hybridized carbons (Fsp3) is 0.222. The fourth-order valence-corrected chi connectivity index (χ4v) is 0.662. The number of rotatable bonds is 3. The molecule has 0 saturated heterocycles. The first kappa shape index (κ1) is 13.4. The second-order valence-electron chi connectivity index (χ2n) is 2.42. The van der Waals surface area contributed by atoms with Gasteiger partial charge in [0.05, 0.1) is 5.57 Å². The molecule has 0 aliphatic carbocycles. The summed E-state index contributed by atoms with van der Waals surface area (Å²) >= 11 is 0. The van der Waals surface area contributed by atoms with E-state index in [4.69, 9.17) is 5.11 Å². The summed E-state index contributed by atoms with van der Waals surface area (Å²) in [6.45, 7) is 1.24. The molecule has 0 aliphatic heterocycles. The number of carboxylic acids is 1. The van der Waals surface area contributed by atoms with E-state index in [1.807, 2.05) is 0 Å². The smallest absolute Gasteiger partial charge is 0.409 e. The van der Waals surface area contributed by atoms with Gasteiger partial charge in [0.2, 0.25) is 0 Å². The maximum absolute atomic E-state index is 12.8. The van der Waals surface area contributed by atoms with Crippen molar-refractivity contribution in [1.82, 2.24) is 0 Å². The van der Waals surface area contributed by atoms with Crippen LogP contribution in [-0.4, -0.2) is 17.3 Å². The predicted molar refractivity (Wildman–Crippen MR) is 45.8 cm³/mol. The van der Waals surface area contributed by atoms with Gasteiger partial charge < -0.3 is 5.11 Å². The topological polar surface area (TPSA) is 37.3 Å². The molecule has 0 aromatic carbocycles. The van der Waals surface area contributed by atoms with Gasteiger partial charge in [0.1, 0.15) is 5.83 Å². The normalized spacial score (nSPS) is 14.7. The van der Waals surface area contributed by atoms with Gasteiger partial charge in [-0.2, -0.15) is 13.2 Å². The highest BCUT2D eigenvalue weighted by Gasteiger charge is 2.21. The fourth-order valence-electron chi connectivity index (χ4n) is 0.662. The predicted octanol–water partition coefficient (Wildman–Crippen LogP) is 2.99. The maximum Gasteiger partial charge on any atom is 0.409 e. The Hall–Kier alpha value is -1.59. The molecule has 0 aromatic heterocycles. The maximum atomic E-state index is 12.8. The summed E-state index contributed by atoms with van der Waals surface area (Å²) in [5.41, 5.74) is -0.821. The van der Waals surface area contributed by atoms with Crippen molar-refractivity contribution < 1.29 is 27.5 Å². The van der Waals surface area contributed by atoms with Gasteiger partial charge in [0, 0.05) is 6.08 Å². The number of carboxylic acid groups (broad SMARTS) is 1. The van der Waals surface area contributed by atoms with E-state index >= 15 is 0 Å². The summed E-state index contributed by atoms with van der Waals surface area (Å²) in [6.07, 6.45) is -2.90. The Morgan fingerprint density at radius 1 is 1.33 bits per heavy atom. The van der Waals surface area contributed by atoms with Crippen LogP contribution in [0.15, 0.2) is 35.7 Å². The Morgan fingerprint density at radius 2 is 1.87 bits per heavy atom. The van der Waals surface area contributed by atoms with Crippen LogP contribution < -0.4 is 0 Å². The lowest BCUT2D eigenvalue weighted by Crippen LogP contribution is -2.02. The first-order chi connectivity index (χ1) is 6.78. The van der Waals surface area contributed by atoms with Crippen molar-refractivity contribution in [3.05, 3.63) is 35.7 Å². The molecule has 0 radical (unpaired) electrons. The van der Waals surface area contributed by atoms with Gasteiger partial charge in [0.25, 0.3) is 0 Å². The standard InChI is InChI=1S/C9H8F4O2/c1-2-7(10)6(8(14)15)4-3-5-9(11,12)13/h2-5H,1H3,(H,14,15)/b5-3-,6-4+,7-2+. The van der Waals surface area contributed by atoms with Gasteiger partial charge in [-0.25, -0.2) is 9.18 Å². The van der Waals surface area contributed by atoms with Crippen LogP contribution in [0, 0.1) is 0 Å². The van der Waals surface area contributed by atoms with Gasteiger partial charge in [-0.05, 0) is 13.0 Å². The molecule has 6 heteroatoms. The number of hydrogen-bond acceptors (Lipinski definition) is 1. The summed E-state index contributed by atoms with van der Waals surface area (Å²) in [5, 5.41) is 8.44. The van der Waals surface area contributed by atoms with E-state index in [0.29, 0.717) is 12.2 Å². The number of aliphatic carboxylic acids is 1. The largest absolute Gasteiger partial charge is 0.478 e. The highest BCUT2D eigenvalue weighted by molar-refractivity contribution is 5.91. The van der Waals surface area contributed by atoms with Gasteiger partial charge in [0.15, 0.2) is 0 Å².